The monoisotopic (exact) mass is 436 g/mol. The first-order valence-corrected chi connectivity index (χ1v) is 11.7. The molecule has 0 aromatic heterocycles. The van der Waals surface area contributed by atoms with Gasteiger partial charge in [-0.2, -0.15) is 0 Å². The molecule has 170 valence electrons. The van der Waals surface area contributed by atoms with Crippen LogP contribution in [0.1, 0.15) is 66.7 Å². The van der Waals surface area contributed by atoms with Crippen LogP contribution in [-0.2, 0) is 11.2 Å². The Balaban J connectivity index is 1.91. The average Bonchev–Trinajstić information content (AvgIpc) is 2.81. The molecule has 2 atom stereocenters. The van der Waals surface area contributed by atoms with Crippen LogP contribution in [0.5, 0.6) is 11.5 Å². The average molecular weight is 437 g/mol. The predicted octanol–water partition coefficient (Wildman–Crippen LogP) is 4.19. The van der Waals surface area contributed by atoms with Gasteiger partial charge in [0.25, 0.3) is 5.91 Å². The molecule has 6 nitrogen and oxygen atoms in total. The number of ether oxygens (including phenoxy) is 2. The van der Waals surface area contributed by atoms with E-state index in [1.54, 1.807) is 0 Å². The number of rotatable bonds is 7. The summed E-state index contributed by atoms with van der Waals surface area (Å²) in [5.74, 6) is 0.984. The molecule has 0 aliphatic carbocycles. The van der Waals surface area contributed by atoms with E-state index in [0.29, 0.717) is 44.2 Å². The number of nitrogens with zero attached hydrogens (tertiary/aromatic N) is 2. The van der Waals surface area contributed by atoms with Crippen molar-refractivity contribution in [3.63, 3.8) is 0 Å². The van der Waals surface area contributed by atoms with Gasteiger partial charge < -0.3 is 19.3 Å². The number of hydrogen-bond donors (Lipinski definition) is 0. The summed E-state index contributed by atoms with van der Waals surface area (Å²) in [4.78, 5) is 31.0. The van der Waals surface area contributed by atoms with Crippen molar-refractivity contribution in [2.75, 3.05) is 32.8 Å². The van der Waals surface area contributed by atoms with Gasteiger partial charge in [0, 0.05) is 25.2 Å². The molecule has 2 aromatic rings. The highest BCUT2D eigenvalue weighted by Crippen LogP contribution is 2.48. The molecule has 0 spiro atoms. The smallest absolute Gasteiger partial charge is 0.254 e. The largest absolute Gasteiger partial charge is 0.490 e. The lowest BCUT2D eigenvalue weighted by Gasteiger charge is -2.46. The van der Waals surface area contributed by atoms with Crippen LogP contribution in [0.3, 0.4) is 0 Å². The second kappa shape index (κ2) is 9.23. The molecule has 2 heterocycles. The highest BCUT2D eigenvalue weighted by Gasteiger charge is 2.47. The molecular formula is C26H32N2O4. The molecule has 0 bridgehead atoms. The topological polar surface area (TPSA) is 59.1 Å². The Morgan fingerprint density at radius 3 is 2.31 bits per heavy atom. The van der Waals surface area contributed by atoms with E-state index in [1.165, 1.54) is 0 Å². The summed E-state index contributed by atoms with van der Waals surface area (Å²) in [6.07, 6.45) is 0.721. The normalized spacial score (nSPS) is 19.0. The molecule has 32 heavy (non-hydrogen) atoms. The van der Waals surface area contributed by atoms with Crippen molar-refractivity contribution in [2.45, 2.75) is 46.1 Å². The van der Waals surface area contributed by atoms with Gasteiger partial charge in [-0.3, -0.25) is 9.59 Å². The Labute approximate surface area is 190 Å². The van der Waals surface area contributed by atoms with Gasteiger partial charge in [0.05, 0.1) is 25.2 Å². The van der Waals surface area contributed by atoms with E-state index in [4.69, 9.17) is 9.47 Å². The highest BCUT2D eigenvalue weighted by atomic mass is 16.5. The van der Waals surface area contributed by atoms with Crippen LogP contribution in [0.15, 0.2) is 36.4 Å². The van der Waals surface area contributed by atoms with Gasteiger partial charge in [-0.1, -0.05) is 18.2 Å². The van der Waals surface area contributed by atoms with E-state index in [0.717, 1.165) is 28.9 Å². The molecule has 2 amide bonds. The minimum absolute atomic E-state index is 0.00769. The van der Waals surface area contributed by atoms with E-state index in [2.05, 4.69) is 0 Å². The standard InChI is InChI=1S/C26H32N2O4/c1-5-27(6-2)26(30)23-18-11-9-10-12-19(18)25(29)28-14-13-17-15-21(31-7-3)22(32-8-4)16-20(17)24(23)28/h9-12,15-16,23-24H,5-8,13-14H2,1-4H3/t23-,24-/m0/s1. The van der Waals surface area contributed by atoms with Gasteiger partial charge in [0.15, 0.2) is 11.5 Å². The fourth-order valence-electron chi connectivity index (χ4n) is 5.07. The van der Waals surface area contributed by atoms with Crippen LogP contribution < -0.4 is 9.47 Å². The molecule has 2 aliphatic rings. The molecule has 0 N–H and O–H groups in total. The second-order valence-electron chi connectivity index (χ2n) is 8.13. The summed E-state index contributed by atoms with van der Waals surface area (Å²) < 4.78 is 11.7. The zero-order chi connectivity index (χ0) is 22.8. The summed E-state index contributed by atoms with van der Waals surface area (Å²) in [6.45, 7) is 10.8. The number of fused-ring (bicyclic) bond motifs is 4. The number of carbonyl (C=O) groups excluding carboxylic acids is 2. The van der Waals surface area contributed by atoms with Crippen LogP contribution in [0.2, 0.25) is 0 Å². The second-order valence-corrected chi connectivity index (χ2v) is 8.13. The molecule has 0 unspecified atom stereocenters. The Morgan fingerprint density at radius 2 is 1.66 bits per heavy atom. The van der Waals surface area contributed by atoms with Gasteiger partial charge in [-0.05, 0) is 69.0 Å². The maximum absolute atomic E-state index is 13.8. The van der Waals surface area contributed by atoms with Gasteiger partial charge in [-0.15, -0.1) is 0 Å². The number of hydrogen-bond acceptors (Lipinski definition) is 4. The Hall–Kier alpha value is -3.02. The predicted molar refractivity (Wildman–Crippen MR) is 123 cm³/mol. The Bertz CT molecular complexity index is 1010. The molecular weight excluding hydrogens is 404 g/mol. The van der Waals surface area contributed by atoms with Gasteiger partial charge in [-0.25, -0.2) is 0 Å². The lowest BCUT2D eigenvalue weighted by molar-refractivity contribution is -0.134. The van der Waals surface area contributed by atoms with E-state index in [1.807, 2.05) is 73.9 Å². The van der Waals surface area contributed by atoms with Crippen LogP contribution in [0.25, 0.3) is 0 Å². The highest BCUT2D eigenvalue weighted by molar-refractivity contribution is 6.01. The summed E-state index contributed by atoms with van der Waals surface area (Å²) in [6, 6.07) is 11.2. The molecule has 0 fully saturated rings. The van der Waals surface area contributed by atoms with E-state index < -0.39 is 5.92 Å². The van der Waals surface area contributed by atoms with Crippen LogP contribution in [0.4, 0.5) is 0 Å². The molecule has 6 heteroatoms. The minimum atomic E-state index is -0.449. The van der Waals surface area contributed by atoms with Crippen LogP contribution in [-0.4, -0.2) is 54.5 Å². The van der Waals surface area contributed by atoms with Crippen LogP contribution in [0, 0.1) is 0 Å². The van der Waals surface area contributed by atoms with Crippen LogP contribution >= 0.6 is 0 Å². The van der Waals surface area contributed by atoms with Crippen molar-refractivity contribution < 1.29 is 19.1 Å². The van der Waals surface area contributed by atoms with Gasteiger partial charge in [0.2, 0.25) is 5.91 Å². The minimum Gasteiger partial charge on any atom is -0.490 e. The number of carbonyl (C=O) groups is 2. The van der Waals surface area contributed by atoms with E-state index >= 15 is 0 Å². The van der Waals surface area contributed by atoms with Gasteiger partial charge >= 0.3 is 0 Å². The third-order valence-corrected chi connectivity index (χ3v) is 6.53. The molecule has 0 saturated heterocycles. The van der Waals surface area contributed by atoms with Crippen molar-refractivity contribution >= 4 is 11.8 Å². The Morgan fingerprint density at radius 1 is 1.00 bits per heavy atom. The third-order valence-electron chi connectivity index (χ3n) is 6.53. The van der Waals surface area contributed by atoms with Crippen molar-refractivity contribution in [3.05, 3.63) is 58.7 Å². The zero-order valence-corrected chi connectivity index (χ0v) is 19.4. The number of likely N-dealkylation sites (N-methyl/N-ethyl adjacent to an activating group) is 1. The maximum Gasteiger partial charge on any atom is 0.254 e. The maximum atomic E-state index is 13.8. The molecule has 2 aromatic carbocycles. The summed E-state index contributed by atoms with van der Waals surface area (Å²) in [7, 11) is 0. The first-order valence-electron chi connectivity index (χ1n) is 11.7. The Kier molecular flexibility index (Phi) is 6.40. The van der Waals surface area contributed by atoms with Crippen molar-refractivity contribution in [2.24, 2.45) is 0 Å². The summed E-state index contributed by atoms with van der Waals surface area (Å²) >= 11 is 0. The van der Waals surface area contributed by atoms with E-state index in [-0.39, 0.29) is 17.9 Å². The first kappa shape index (κ1) is 22.2. The quantitative estimate of drug-likeness (QED) is 0.653. The molecule has 2 aliphatic heterocycles. The molecule has 4 rings (SSSR count). The van der Waals surface area contributed by atoms with Crippen molar-refractivity contribution in [1.29, 1.82) is 0 Å². The lowest BCUT2D eigenvalue weighted by Crippen LogP contribution is -2.50. The molecule has 0 saturated carbocycles. The SMILES string of the molecule is CCOc1cc2c(cc1OCC)[C@H]1[C@@H](C(=O)N(CC)CC)c3ccccc3C(=O)N1CC2. The van der Waals surface area contributed by atoms with E-state index in [9.17, 15) is 9.59 Å². The third kappa shape index (κ3) is 3.61. The van der Waals surface area contributed by atoms with Crippen molar-refractivity contribution in [3.8, 4) is 11.5 Å². The summed E-state index contributed by atoms with van der Waals surface area (Å²) in [5.41, 5.74) is 3.54. The van der Waals surface area contributed by atoms with Gasteiger partial charge in [0.1, 0.15) is 0 Å². The lowest BCUT2D eigenvalue weighted by atomic mass is 9.75. The fourth-order valence-corrected chi connectivity index (χ4v) is 5.07. The first-order chi connectivity index (χ1) is 15.5. The number of amides is 2. The molecule has 0 radical (unpaired) electrons. The number of benzene rings is 2. The zero-order valence-electron chi connectivity index (χ0n) is 19.4. The summed E-state index contributed by atoms with van der Waals surface area (Å²) in [5, 5.41) is 0. The van der Waals surface area contributed by atoms with Crippen molar-refractivity contribution in [1.82, 2.24) is 9.80 Å². The fraction of sp³-hybridized carbons (Fsp3) is 0.462.